The Labute approximate surface area is 93.4 Å². The maximum atomic E-state index is 11.7. The quantitative estimate of drug-likeness (QED) is 0.556. The molecule has 1 saturated carbocycles. The van der Waals surface area contributed by atoms with Crippen LogP contribution in [0.15, 0.2) is 30.3 Å². The van der Waals surface area contributed by atoms with E-state index in [1.807, 2.05) is 30.3 Å². The summed E-state index contributed by atoms with van der Waals surface area (Å²) in [6.45, 7) is 1.88. The predicted octanol–water partition coefficient (Wildman–Crippen LogP) is 1.53. The highest BCUT2D eigenvalue weighted by atomic mass is 16.5. The lowest BCUT2D eigenvalue weighted by molar-refractivity contribution is -0.148. The summed E-state index contributed by atoms with van der Waals surface area (Å²) in [5.41, 5.74) is 0.209. The minimum absolute atomic E-state index is 0.0347. The van der Waals surface area contributed by atoms with Crippen LogP contribution in [0.3, 0.4) is 0 Å². The summed E-state index contributed by atoms with van der Waals surface area (Å²) in [7, 11) is 0. The maximum absolute atomic E-state index is 11.7. The van der Waals surface area contributed by atoms with Crippen molar-refractivity contribution in [3.8, 4) is 0 Å². The molecular weight excluding hydrogens is 204 g/mol. The highest BCUT2D eigenvalue weighted by molar-refractivity contribution is 6.09. The zero-order valence-electron chi connectivity index (χ0n) is 8.97. The van der Waals surface area contributed by atoms with E-state index in [-0.39, 0.29) is 23.6 Å². The van der Waals surface area contributed by atoms with Gasteiger partial charge in [0.2, 0.25) is 0 Å². The highest BCUT2D eigenvalue weighted by Crippen LogP contribution is 2.68. The molecule has 3 atom stereocenters. The van der Waals surface area contributed by atoms with Crippen molar-refractivity contribution in [2.75, 3.05) is 6.61 Å². The Balaban J connectivity index is 2.03. The van der Waals surface area contributed by atoms with Crippen molar-refractivity contribution in [2.45, 2.75) is 12.8 Å². The van der Waals surface area contributed by atoms with Gasteiger partial charge < -0.3 is 4.74 Å². The number of carbonyl (C=O) groups excluding carboxylic acids is 2. The number of carbonyl (C=O) groups is 2. The number of hydrogen-bond acceptors (Lipinski definition) is 3. The van der Waals surface area contributed by atoms with E-state index in [2.05, 4.69) is 0 Å². The summed E-state index contributed by atoms with van der Waals surface area (Å²) in [5, 5.41) is 0. The van der Waals surface area contributed by atoms with E-state index in [4.69, 9.17) is 4.74 Å². The molecule has 1 saturated heterocycles. The van der Waals surface area contributed by atoms with Gasteiger partial charge in [-0.2, -0.15) is 0 Å². The Bertz CT molecular complexity index is 465. The fourth-order valence-corrected chi connectivity index (χ4v) is 3.03. The number of esters is 1. The summed E-state index contributed by atoms with van der Waals surface area (Å²) in [6.07, 6.45) is 0. The third-order valence-electron chi connectivity index (χ3n) is 3.84. The van der Waals surface area contributed by atoms with Crippen molar-refractivity contribution >= 4 is 11.8 Å². The Kier molecular flexibility index (Phi) is 1.76. The summed E-state index contributed by atoms with van der Waals surface area (Å²) < 4.78 is 4.97. The molecule has 0 bridgehead atoms. The Morgan fingerprint density at radius 3 is 2.62 bits per heavy atom. The third-order valence-corrected chi connectivity index (χ3v) is 3.84. The first-order valence-electron chi connectivity index (χ1n) is 5.42. The molecule has 1 aliphatic heterocycles. The molecule has 0 aromatic heterocycles. The van der Waals surface area contributed by atoms with Crippen LogP contribution in [-0.2, 0) is 14.3 Å². The molecule has 3 nitrogen and oxygen atoms in total. The van der Waals surface area contributed by atoms with Gasteiger partial charge in [0, 0.05) is 11.8 Å². The van der Waals surface area contributed by atoms with Gasteiger partial charge >= 0.3 is 5.97 Å². The molecule has 2 aliphatic rings. The SMILES string of the molecule is CC(=O)[C@]12C(=O)OC[C@H]1[C@@H]2c1ccccc1. The summed E-state index contributed by atoms with van der Waals surface area (Å²) in [5.74, 6) is -0.306. The standard InChI is InChI=1S/C13H12O3/c1-8(14)13-10(7-16-12(13)15)11(13)9-5-3-2-4-6-9/h2-6,10-11H,7H2,1H3/t10-,11-,13-/m0/s1. The first-order valence-corrected chi connectivity index (χ1v) is 5.42. The molecule has 1 aliphatic carbocycles. The van der Waals surface area contributed by atoms with Gasteiger partial charge in [0.05, 0.1) is 6.61 Å². The van der Waals surface area contributed by atoms with Gasteiger partial charge in [-0.3, -0.25) is 9.59 Å². The fraction of sp³-hybridized carbons (Fsp3) is 0.385. The van der Waals surface area contributed by atoms with Gasteiger partial charge in [-0.25, -0.2) is 0 Å². The molecule has 0 spiro atoms. The third kappa shape index (κ3) is 0.932. The second kappa shape index (κ2) is 2.94. The average Bonchev–Trinajstić information content (AvgIpc) is 2.86. The molecule has 3 heteroatoms. The largest absolute Gasteiger partial charge is 0.465 e. The number of hydrogen-bond donors (Lipinski definition) is 0. The van der Waals surface area contributed by atoms with Crippen LogP contribution < -0.4 is 0 Å². The molecule has 0 amide bonds. The normalized spacial score (nSPS) is 35.4. The van der Waals surface area contributed by atoms with Gasteiger partial charge in [0.1, 0.15) is 11.2 Å². The molecular formula is C13H12O3. The highest BCUT2D eigenvalue weighted by Gasteiger charge is 2.77. The zero-order valence-corrected chi connectivity index (χ0v) is 8.97. The van der Waals surface area contributed by atoms with Crippen molar-refractivity contribution in [2.24, 2.45) is 11.3 Å². The van der Waals surface area contributed by atoms with Gasteiger partial charge in [-0.1, -0.05) is 30.3 Å². The fourth-order valence-electron chi connectivity index (χ4n) is 3.03. The van der Waals surface area contributed by atoms with E-state index >= 15 is 0 Å². The smallest absolute Gasteiger partial charge is 0.320 e. The topological polar surface area (TPSA) is 43.4 Å². The maximum Gasteiger partial charge on any atom is 0.320 e. The van der Waals surface area contributed by atoms with Gasteiger partial charge in [-0.05, 0) is 12.5 Å². The monoisotopic (exact) mass is 216 g/mol. The summed E-state index contributed by atoms with van der Waals surface area (Å²) in [4.78, 5) is 23.4. The lowest BCUT2D eigenvalue weighted by Gasteiger charge is -2.10. The van der Waals surface area contributed by atoms with Crippen LogP contribution in [0, 0.1) is 11.3 Å². The Morgan fingerprint density at radius 2 is 2.06 bits per heavy atom. The van der Waals surface area contributed by atoms with Crippen LogP contribution in [0.25, 0.3) is 0 Å². The van der Waals surface area contributed by atoms with E-state index < -0.39 is 5.41 Å². The molecule has 1 heterocycles. The molecule has 0 radical (unpaired) electrons. The van der Waals surface area contributed by atoms with Crippen LogP contribution in [0.2, 0.25) is 0 Å². The predicted molar refractivity (Wildman–Crippen MR) is 56.7 cm³/mol. The van der Waals surface area contributed by atoms with Crippen molar-refractivity contribution in [3.05, 3.63) is 35.9 Å². The first-order chi connectivity index (χ1) is 7.69. The van der Waals surface area contributed by atoms with Crippen molar-refractivity contribution in [1.82, 2.24) is 0 Å². The van der Waals surface area contributed by atoms with Crippen LogP contribution >= 0.6 is 0 Å². The van der Waals surface area contributed by atoms with Crippen LogP contribution in [0.1, 0.15) is 18.4 Å². The number of rotatable bonds is 2. The number of Topliss-reactive ketones (excluding diaryl/α,β-unsaturated/α-hetero) is 1. The first kappa shape index (κ1) is 9.58. The van der Waals surface area contributed by atoms with Gasteiger partial charge in [0.25, 0.3) is 0 Å². The van der Waals surface area contributed by atoms with Crippen LogP contribution in [-0.4, -0.2) is 18.4 Å². The number of ether oxygens (including phenoxy) is 1. The molecule has 0 N–H and O–H groups in total. The molecule has 82 valence electrons. The average molecular weight is 216 g/mol. The van der Waals surface area contributed by atoms with Crippen molar-refractivity contribution in [3.63, 3.8) is 0 Å². The van der Waals surface area contributed by atoms with E-state index in [0.717, 1.165) is 5.56 Å². The van der Waals surface area contributed by atoms with E-state index in [9.17, 15) is 9.59 Å². The van der Waals surface area contributed by atoms with Crippen LogP contribution in [0.5, 0.6) is 0 Å². The van der Waals surface area contributed by atoms with Crippen molar-refractivity contribution in [1.29, 1.82) is 0 Å². The molecule has 1 aromatic carbocycles. The van der Waals surface area contributed by atoms with Gasteiger partial charge in [0.15, 0.2) is 0 Å². The van der Waals surface area contributed by atoms with Gasteiger partial charge in [-0.15, -0.1) is 0 Å². The minimum atomic E-state index is -0.860. The molecule has 16 heavy (non-hydrogen) atoms. The summed E-state index contributed by atoms with van der Waals surface area (Å²) in [6, 6.07) is 9.74. The molecule has 2 fully saturated rings. The number of ketones is 1. The molecule has 3 rings (SSSR count). The zero-order chi connectivity index (χ0) is 11.3. The number of fused-ring (bicyclic) bond motifs is 1. The lowest BCUT2D eigenvalue weighted by atomic mass is 9.95. The Hall–Kier alpha value is -1.64. The number of cyclic esters (lactones) is 1. The van der Waals surface area contributed by atoms with E-state index in [0.29, 0.717) is 6.61 Å². The minimum Gasteiger partial charge on any atom is -0.465 e. The lowest BCUT2D eigenvalue weighted by Crippen LogP contribution is -2.24. The van der Waals surface area contributed by atoms with E-state index in [1.165, 1.54) is 6.92 Å². The molecule has 1 aromatic rings. The molecule has 0 unspecified atom stereocenters. The van der Waals surface area contributed by atoms with E-state index in [1.54, 1.807) is 0 Å². The number of benzene rings is 1. The Morgan fingerprint density at radius 1 is 1.38 bits per heavy atom. The second-order valence-corrected chi connectivity index (χ2v) is 4.52. The second-order valence-electron chi connectivity index (χ2n) is 4.52. The van der Waals surface area contributed by atoms with Crippen LogP contribution in [0.4, 0.5) is 0 Å². The summed E-state index contributed by atoms with van der Waals surface area (Å²) >= 11 is 0. The van der Waals surface area contributed by atoms with Crippen molar-refractivity contribution < 1.29 is 14.3 Å².